The van der Waals surface area contributed by atoms with E-state index in [2.05, 4.69) is 20.2 Å². The minimum atomic E-state index is -0.311. The summed E-state index contributed by atoms with van der Waals surface area (Å²) in [6.45, 7) is 4.86. The third-order valence-electron chi connectivity index (χ3n) is 4.84. The van der Waals surface area contributed by atoms with Gasteiger partial charge in [0, 0.05) is 23.9 Å². The Balaban J connectivity index is 1.44. The molecule has 0 spiro atoms. The van der Waals surface area contributed by atoms with Crippen molar-refractivity contribution >= 4 is 5.91 Å². The molecule has 1 fully saturated rings. The molecule has 29 heavy (non-hydrogen) atoms. The topological polar surface area (TPSA) is 84.0 Å². The molecule has 1 aromatic carbocycles. The van der Waals surface area contributed by atoms with Gasteiger partial charge in [0.15, 0.2) is 0 Å². The standard InChI is InChI=1S/C21H22FN5O2/c1-13-10-20(24-14(2)23-13)29-17-4-3-9-27(12-17)21(28)19-11-18(25-26-19)15-5-7-16(22)8-6-15/h5-8,10-11,17H,3-4,9,12H2,1-2H3,(H,25,26). The van der Waals surface area contributed by atoms with Crippen LogP contribution >= 0.6 is 0 Å². The summed E-state index contributed by atoms with van der Waals surface area (Å²) in [6.07, 6.45) is 1.58. The normalized spacial score (nSPS) is 16.7. The molecular weight excluding hydrogens is 373 g/mol. The number of aryl methyl sites for hydroxylation is 2. The second-order valence-corrected chi connectivity index (χ2v) is 7.20. The molecule has 3 aromatic rings. The number of nitrogens with zero attached hydrogens (tertiary/aromatic N) is 4. The highest BCUT2D eigenvalue weighted by Crippen LogP contribution is 2.21. The molecule has 0 bridgehead atoms. The van der Waals surface area contributed by atoms with E-state index < -0.39 is 0 Å². The van der Waals surface area contributed by atoms with Crippen LogP contribution in [-0.4, -0.2) is 50.2 Å². The van der Waals surface area contributed by atoms with Crippen molar-refractivity contribution in [2.24, 2.45) is 0 Å². The number of benzene rings is 1. The lowest BCUT2D eigenvalue weighted by atomic mass is 10.1. The molecule has 1 atom stereocenters. The van der Waals surface area contributed by atoms with E-state index in [-0.39, 0.29) is 17.8 Å². The van der Waals surface area contributed by atoms with Gasteiger partial charge in [0.2, 0.25) is 5.88 Å². The average molecular weight is 395 g/mol. The van der Waals surface area contributed by atoms with E-state index in [4.69, 9.17) is 4.74 Å². The van der Waals surface area contributed by atoms with E-state index in [0.29, 0.717) is 36.2 Å². The molecule has 150 valence electrons. The first kappa shape index (κ1) is 19.0. The second-order valence-electron chi connectivity index (χ2n) is 7.20. The van der Waals surface area contributed by atoms with Gasteiger partial charge in [0.05, 0.1) is 12.2 Å². The van der Waals surface area contributed by atoms with Crippen molar-refractivity contribution < 1.29 is 13.9 Å². The van der Waals surface area contributed by atoms with Gasteiger partial charge < -0.3 is 9.64 Å². The number of carbonyl (C=O) groups is 1. The predicted octanol–water partition coefficient (Wildman–Crippen LogP) is 3.31. The highest BCUT2D eigenvalue weighted by molar-refractivity contribution is 5.93. The van der Waals surface area contributed by atoms with Gasteiger partial charge in [0.25, 0.3) is 5.91 Å². The summed E-state index contributed by atoms with van der Waals surface area (Å²) in [5.41, 5.74) is 2.60. The van der Waals surface area contributed by atoms with Crippen molar-refractivity contribution in [1.82, 2.24) is 25.1 Å². The van der Waals surface area contributed by atoms with Gasteiger partial charge in [-0.1, -0.05) is 0 Å². The molecule has 3 heterocycles. The van der Waals surface area contributed by atoms with Gasteiger partial charge in [-0.15, -0.1) is 0 Å². The van der Waals surface area contributed by atoms with Crippen LogP contribution in [0.15, 0.2) is 36.4 Å². The second kappa shape index (κ2) is 7.98. The maximum atomic E-state index is 13.1. The Morgan fingerprint density at radius 2 is 2.00 bits per heavy atom. The number of amides is 1. The van der Waals surface area contributed by atoms with E-state index in [0.717, 1.165) is 24.1 Å². The first-order chi connectivity index (χ1) is 14.0. The molecule has 4 rings (SSSR count). The summed E-state index contributed by atoms with van der Waals surface area (Å²) in [5, 5.41) is 6.99. The zero-order chi connectivity index (χ0) is 20.4. The molecule has 0 aliphatic carbocycles. The van der Waals surface area contributed by atoms with E-state index in [1.165, 1.54) is 12.1 Å². The molecule has 1 N–H and O–H groups in total. The van der Waals surface area contributed by atoms with Gasteiger partial charge in [0.1, 0.15) is 23.4 Å². The first-order valence-electron chi connectivity index (χ1n) is 9.57. The Morgan fingerprint density at radius 3 is 2.76 bits per heavy atom. The van der Waals surface area contributed by atoms with E-state index in [1.54, 1.807) is 29.2 Å². The molecule has 1 aliphatic heterocycles. The number of hydrogen-bond donors (Lipinski definition) is 1. The van der Waals surface area contributed by atoms with Gasteiger partial charge >= 0.3 is 0 Å². The fraction of sp³-hybridized carbons (Fsp3) is 0.333. The van der Waals surface area contributed by atoms with Crippen LogP contribution in [0.5, 0.6) is 5.88 Å². The van der Waals surface area contributed by atoms with Crippen LogP contribution in [0, 0.1) is 19.7 Å². The Hall–Kier alpha value is -3.29. The Bertz CT molecular complexity index is 998. The zero-order valence-electron chi connectivity index (χ0n) is 16.4. The summed E-state index contributed by atoms with van der Waals surface area (Å²) in [7, 11) is 0. The number of likely N-dealkylation sites (tertiary alicyclic amines) is 1. The maximum Gasteiger partial charge on any atom is 0.272 e. The smallest absolute Gasteiger partial charge is 0.272 e. The summed E-state index contributed by atoms with van der Waals surface area (Å²) in [5.74, 6) is 0.757. The van der Waals surface area contributed by atoms with Gasteiger partial charge in [-0.2, -0.15) is 10.1 Å². The number of aromatic nitrogens is 4. The third kappa shape index (κ3) is 4.42. The number of H-pyrrole nitrogens is 1. The number of piperidine rings is 1. The average Bonchev–Trinajstić information content (AvgIpc) is 3.17. The van der Waals surface area contributed by atoms with Crippen LogP contribution in [0.25, 0.3) is 11.3 Å². The van der Waals surface area contributed by atoms with Crippen molar-refractivity contribution in [3.8, 4) is 17.1 Å². The third-order valence-corrected chi connectivity index (χ3v) is 4.84. The Kier molecular flexibility index (Phi) is 5.24. The Morgan fingerprint density at radius 1 is 1.21 bits per heavy atom. The van der Waals surface area contributed by atoms with Crippen molar-refractivity contribution in [3.05, 3.63) is 59.4 Å². The summed E-state index contributed by atoms with van der Waals surface area (Å²) in [4.78, 5) is 23.3. The van der Waals surface area contributed by atoms with Crippen molar-refractivity contribution in [3.63, 3.8) is 0 Å². The van der Waals surface area contributed by atoms with Crippen molar-refractivity contribution in [1.29, 1.82) is 0 Å². The quantitative estimate of drug-likeness (QED) is 0.733. The van der Waals surface area contributed by atoms with E-state index in [1.807, 2.05) is 13.8 Å². The summed E-state index contributed by atoms with van der Waals surface area (Å²) < 4.78 is 19.1. The van der Waals surface area contributed by atoms with Gasteiger partial charge in [-0.3, -0.25) is 9.89 Å². The first-order valence-corrected chi connectivity index (χ1v) is 9.57. The van der Waals surface area contributed by atoms with Crippen molar-refractivity contribution in [2.45, 2.75) is 32.8 Å². The van der Waals surface area contributed by atoms with Crippen LogP contribution < -0.4 is 4.74 Å². The molecule has 1 amide bonds. The van der Waals surface area contributed by atoms with Gasteiger partial charge in [-0.25, -0.2) is 9.37 Å². The Labute approximate surface area is 167 Å². The number of nitrogens with one attached hydrogen (secondary N) is 1. The molecule has 0 saturated carbocycles. The minimum Gasteiger partial charge on any atom is -0.472 e. The fourth-order valence-electron chi connectivity index (χ4n) is 3.50. The van der Waals surface area contributed by atoms with Crippen LogP contribution in [-0.2, 0) is 0 Å². The summed E-state index contributed by atoms with van der Waals surface area (Å²) >= 11 is 0. The molecule has 2 aromatic heterocycles. The predicted molar refractivity (Wildman–Crippen MR) is 105 cm³/mol. The molecule has 1 unspecified atom stereocenters. The highest BCUT2D eigenvalue weighted by Gasteiger charge is 2.27. The number of rotatable bonds is 4. The highest BCUT2D eigenvalue weighted by atomic mass is 19.1. The lowest BCUT2D eigenvalue weighted by Crippen LogP contribution is -2.44. The van der Waals surface area contributed by atoms with Crippen LogP contribution in [0.4, 0.5) is 4.39 Å². The lowest BCUT2D eigenvalue weighted by molar-refractivity contribution is 0.0521. The zero-order valence-corrected chi connectivity index (χ0v) is 16.4. The molecule has 1 aliphatic rings. The van der Waals surface area contributed by atoms with Gasteiger partial charge in [-0.05, 0) is 57.0 Å². The van der Waals surface area contributed by atoms with E-state index >= 15 is 0 Å². The molecule has 8 heteroatoms. The molecule has 0 radical (unpaired) electrons. The molecule has 7 nitrogen and oxygen atoms in total. The number of ether oxygens (including phenoxy) is 1. The SMILES string of the molecule is Cc1cc(OC2CCCN(C(=O)c3cc(-c4ccc(F)cc4)n[nH]3)C2)nc(C)n1. The largest absolute Gasteiger partial charge is 0.472 e. The minimum absolute atomic E-state index is 0.124. The number of aromatic amines is 1. The number of halogens is 1. The fourth-order valence-corrected chi connectivity index (χ4v) is 3.50. The molecule has 1 saturated heterocycles. The maximum absolute atomic E-state index is 13.1. The lowest BCUT2D eigenvalue weighted by Gasteiger charge is -2.32. The monoisotopic (exact) mass is 395 g/mol. The van der Waals surface area contributed by atoms with Crippen LogP contribution in [0.3, 0.4) is 0 Å². The van der Waals surface area contributed by atoms with Crippen molar-refractivity contribution in [2.75, 3.05) is 13.1 Å². The van der Waals surface area contributed by atoms with Crippen LogP contribution in [0.1, 0.15) is 34.8 Å². The van der Waals surface area contributed by atoms with Crippen LogP contribution in [0.2, 0.25) is 0 Å². The summed E-state index contributed by atoms with van der Waals surface area (Å²) in [6, 6.07) is 9.50. The molecular formula is C21H22FN5O2. The van der Waals surface area contributed by atoms with E-state index in [9.17, 15) is 9.18 Å². The number of hydrogen-bond acceptors (Lipinski definition) is 5. The number of carbonyl (C=O) groups excluding carboxylic acids is 1.